The summed E-state index contributed by atoms with van der Waals surface area (Å²) < 4.78 is 5.28. The van der Waals surface area contributed by atoms with E-state index in [2.05, 4.69) is 32.5 Å². The number of nitrogens with one attached hydrogen (secondary N) is 2. The van der Waals surface area contributed by atoms with Crippen LogP contribution in [0.4, 0.5) is 5.69 Å². The fourth-order valence-electron chi connectivity index (χ4n) is 2.09. The highest BCUT2D eigenvalue weighted by atomic mass is 32.1. The number of nitrogens with zero attached hydrogens (tertiary/aromatic N) is 2. The quantitative estimate of drug-likeness (QED) is 0.808. The minimum Gasteiger partial charge on any atom is -0.409 e. The number of benzene rings is 1. The lowest BCUT2D eigenvalue weighted by Crippen LogP contribution is -2.43. The number of aromatic nitrogens is 2. The predicted molar refractivity (Wildman–Crippen MR) is 72.2 cm³/mol. The number of hydrogen-bond donors (Lipinski definition) is 2. The van der Waals surface area contributed by atoms with Crippen molar-refractivity contribution in [1.29, 1.82) is 0 Å². The molecular weight excluding hydrogens is 248 g/mol. The van der Waals surface area contributed by atoms with E-state index in [0.29, 0.717) is 10.7 Å². The summed E-state index contributed by atoms with van der Waals surface area (Å²) in [6.45, 7) is 4.16. The molecule has 1 fully saturated rings. The molecule has 0 bridgehead atoms. The minimum absolute atomic E-state index is 0.302. The summed E-state index contributed by atoms with van der Waals surface area (Å²) in [7, 11) is 0. The van der Waals surface area contributed by atoms with E-state index < -0.39 is 0 Å². The molecule has 2 N–H and O–H groups in total. The standard InChI is InChI=1S/C12H14N4OS/c18-12-15-14-11(17-12)9-1-3-10(4-2-9)16-7-5-13-6-8-16/h1-4,13H,5-8H2,(H,15,18). The first kappa shape index (κ1) is 11.4. The molecule has 0 amide bonds. The molecule has 2 aromatic rings. The van der Waals surface area contributed by atoms with Gasteiger partial charge in [-0.2, -0.15) is 0 Å². The molecular formula is C12H14N4OS. The summed E-state index contributed by atoms with van der Waals surface area (Å²) in [6.07, 6.45) is 0. The van der Waals surface area contributed by atoms with Crippen LogP contribution >= 0.6 is 12.2 Å². The molecule has 3 rings (SSSR count). The van der Waals surface area contributed by atoms with Crippen LogP contribution in [0.15, 0.2) is 28.7 Å². The number of aromatic amines is 1. The molecule has 1 saturated heterocycles. The maximum atomic E-state index is 5.28. The summed E-state index contributed by atoms with van der Waals surface area (Å²) in [5, 5.41) is 9.98. The summed E-state index contributed by atoms with van der Waals surface area (Å²) >= 11 is 4.86. The van der Waals surface area contributed by atoms with Gasteiger partial charge in [-0.25, -0.2) is 5.10 Å². The van der Waals surface area contributed by atoms with Crippen molar-refractivity contribution >= 4 is 17.9 Å². The van der Waals surface area contributed by atoms with Gasteiger partial charge < -0.3 is 14.6 Å². The summed E-state index contributed by atoms with van der Waals surface area (Å²) in [5.74, 6) is 0.534. The molecule has 0 unspecified atom stereocenters. The first-order chi connectivity index (χ1) is 8.83. The van der Waals surface area contributed by atoms with E-state index in [1.807, 2.05) is 12.1 Å². The van der Waals surface area contributed by atoms with Crippen LogP contribution in [0.5, 0.6) is 0 Å². The van der Waals surface area contributed by atoms with Gasteiger partial charge in [0.1, 0.15) is 0 Å². The van der Waals surface area contributed by atoms with Crippen molar-refractivity contribution in [2.24, 2.45) is 0 Å². The Hall–Kier alpha value is -1.66. The Kier molecular flexibility index (Phi) is 3.12. The minimum atomic E-state index is 0.302. The first-order valence-electron chi connectivity index (χ1n) is 5.94. The maximum Gasteiger partial charge on any atom is 0.284 e. The number of H-pyrrole nitrogens is 1. The van der Waals surface area contributed by atoms with Crippen LogP contribution in [-0.4, -0.2) is 36.4 Å². The topological polar surface area (TPSA) is 57.1 Å². The lowest BCUT2D eigenvalue weighted by Gasteiger charge is -2.29. The van der Waals surface area contributed by atoms with E-state index in [1.165, 1.54) is 5.69 Å². The highest BCUT2D eigenvalue weighted by molar-refractivity contribution is 7.71. The molecule has 1 aliphatic rings. The molecule has 2 heterocycles. The Bertz CT molecular complexity index is 568. The first-order valence-corrected chi connectivity index (χ1v) is 6.35. The van der Waals surface area contributed by atoms with Gasteiger partial charge in [-0.3, -0.25) is 0 Å². The van der Waals surface area contributed by atoms with Crippen LogP contribution in [0.2, 0.25) is 0 Å². The molecule has 0 aliphatic carbocycles. The average molecular weight is 262 g/mol. The van der Waals surface area contributed by atoms with Crippen molar-refractivity contribution in [3.05, 3.63) is 29.1 Å². The van der Waals surface area contributed by atoms with Crippen LogP contribution in [0, 0.1) is 4.84 Å². The Labute approximate surface area is 110 Å². The Morgan fingerprint density at radius 1 is 1.17 bits per heavy atom. The Balaban J connectivity index is 1.82. The van der Waals surface area contributed by atoms with Gasteiger partial charge in [0.15, 0.2) is 0 Å². The highest BCUT2D eigenvalue weighted by Gasteiger charge is 2.11. The van der Waals surface area contributed by atoms with Gasteiger partial charge in [-0.05, 0) is 36.5 Å². The Morgan fingerprint density at radius 2 is 1.89 bits per heavy atom. The summed E-state index contributed by atoms with van der Waals surface area (Å²) in [6, 6.07) is 8.19. The van der Waals surface area contributed by atoms with Gasteiger partial charge in [-0.15, -0.1) is 5.10 Å². The zero-order chi connectivity index (χ0) is 12.4. The van der Waals surface area contributed by atoms with Gasteiger partial charge >= 0.3 is 0 Å². The third-order valence-electron chi connectivity index (χ3n) is 3.03. The van der Waals surface area contributed by atoms with Crippen molar-refractivity contribution < 1.29 is 4.42 Å². The van der Waals surface area contributed by atoms with Gasteiger partial charge in [0, 0.05) is 37.4 Å². The van der Waals surface area contributed by atoms with Crippen molar-refractivity contribution in [3.8, 4) is 11.5 Å². The second-order valence-electron chi connectivity index (χ2n) is 4.20. The molecule has 6 heteroatoms. The van der Waals surface area contributed by atoms with Gasteiger partial charge in [0.2, 0.25) is 5.89 Å². The molecule has 94 valence electrons. The number of piperazine rings is 1. The Morgan fingerprint density at radius 3 is 2.50 bits per heavy atom. The summed E-state index contributed by atoms with van der Waals surface area (Å²) in [5.41, 5.74) is 2.16. The number of hydrogen-bond acceptors (Lipinski definition) is 5. The predicted octanol–water partition coefficient (Wildman–Crippen LogP) is 1.81. The number of rotatable bonds is 2. The summed E-state index contributed by atoms with van der Waals surface area (Å²) in [4.78, 5) is 2.66. The molecule has 5 nitrogen and oxygen atoms in total. The van der Waals surface area contributed by atoms with Gasteiger partial charge in [-0.1, -0.05) is 0 Å². The van der Waals surface area contributed by atoms with E-state index in [0.717, 1.165) is 31.7 Å². The SMILES string of the molecule is S=c1[nH]nc(-c2ccc(N3CCNCC3)cc2)o1. The maximum absolute atomic E-state index is 5.28. The van der Waals surface area contributed by atoms with Crippen LogP contribution in [-0.2, 0) is 0 Å². The largest absolute Gasteiger partial charge is 0.409 e. The average Bonchev–Trinajstić information content (AvgIpc) is 2.87. The molecule has 0 atom stereocenters. The van der Waals surface area contributed by atoms with Gasteiger partial charge in [0.05, 0.1) is 0 Å². The molecule has 0 spiro atoms. The van der Waals surface area contributed by atoms with E-state index in [9.17, 15) is 0 Å². The van der Waals surface area contributed by atoms with Crippen molar-refractivity contribution in [3.63, 3.8) is 0 Å². The lowest BCUT2D eigenvalue weighted by atomic mass is 10.2. The van der Waals surface area contributed by atoms with Crippen molar-refractivity contribution in [2.75, 3.05) is 31.1 Å². The molecule has 18 heavy (non-hydrogen) atoms. The number of anilines is 1. The fourth-order valence-corrected chi connectivity index (χ4v) is 2.22. The van der Waals surface area contributed by atoms with Crippen molar-refractivity contribution in [2.45, 2.75) is 0 Å². The van der Waals surface area contributed by atoms with E-state index in [-0.39, 0.29) is 0 Å². The fraction of sp³-hybridized carbons (Fsp3) is 0.333. The smallest absolute Gasteiger partial charge is 0.284 e. The van der Waals surface area contributed by atoms with Crippen molar-refractivity contribution in [1.82, 2.24) is 15.5 Å². The molecule has 1 aromatic carbocycles. The monoisotopic (exact) mass is 262 g/mol. The molecule has 1 aromatic heterocycles. The van der Waals surface area contributed by atoms with Crippen LogP contribution < -0.4 is 10.2 Å². The van der Waals surface area contributed by atoms with E-state index in [1.54, 1.807) is 0 Å². The third kappa shape index (κ3) is 2.30. The van der Waals surface area contributed by atoms with E-state index in [4.69, 9.17) is 16.6 Å². The van der Waals surface area contributed by atoms with Crippen LogP contribution in [0.1, 0.15) is 0 Å². The zero-order valence-electron chi connectivity index (χ0n) is 9.85. The van der Waals surface area contributed by atoms with Gasteiger partial charge in [0.25, 0.3) is 4.84 Å². The normalized spacial score (nSPS) is 15.9. The zero-order valence-corrected chi connectivity index (χ0v) is 10.7. The third-order valence-corrected chi connectivity index (χ3v) is 3.21. The highest BCUT2D eigenvalue weighted by Crippen LogP contribution is 2.21. The molecule has 1 aliphatic heterocycles. The molecule has 0 saturated carbocycles. The second-order valence-corrected chi connectivity index (χ2v) is 4.57. The molecule has 0 radical (unpaired) electrons. The lowest BCUT2D eigenvalue weighted by molar-refractivity contribution is 0.552. The van der Waals surface area contributed by atoms with Crippen LogP contribution in [0.3, 0.4) is 0 Å². The van der Waals surface area contributed by atoms with E-state index >= 15 is 0 Å². The second kappa shape index (κ2) is 4.91. The van der Waals surface area contributed by atoms with Crippen LogP contribution in [0.25, 0.3) is 11.5 Å².